The van der Waals surface area contributed by atoms with Gasteiger partial charge in [0.1, 0.15) is 11.2 Å². The highest BCUT2D eigenvalue weighted by Crippen LogP contribution is 2.44. The Morgan fingerprint density at radius 2 is 1.87 bits per heavy atom. The van der Waals surface area contributed by atoms with Crippen LogP contribution < -0.4 is 5.32 Å². The summed E-state index contributed by atoms with van der Waals surface area (Å²) in [5.41, 5.74) is -1.94. The summed E-state index contributed by atoms with van der Waals surface area (Å²) in [5, 5.41) is 22.7. The van der Waals surface area contributed by atoms with Crippen molar-refractivity contribution in [3.8, 4) is 0 Å². The molecular weight excluding hydrogens is 304 g/mol. The van der Waals surface area contributed by atoms with Crippen molar-refractivity contribution in [3.63, 3.8) is 0 Å². The molecule has 1 aromatic carbocycles. The first-order chi connectivity index (χ1) is 10.8. The molecule has 0 radical (unpaired) electrons. The number of hydrogen-bond donors (Lipinski definition) is 3. The lowest BCUT2D eigenvalue weighted by Crippen LogP contribution is -2.61. The van der Waals surface area contributed by atoms with Crippen LogP contribution in [-0.4, -0.2) is 34.2 Å². The van der Waals surface area contributed by atoms with Gasteiger partial charge in [0.15, 0.2) is 0 Å². The number of halogens is 2. The van der Waals surface area contributed by atoms with Crippen molar-refractivity contribution in [1.82, 2.24) is 5.32 Å². The van der Waals surface area contributed by atoms with Crippen LogP contribution in [0.15, 0.2) is 24.3 Å². The number of aryl methyl sites for hydroxylation is 1. The molecule has 1 amide bonds. The molecule has 0 heterocycles. The number of carbonyl (C=O) groups excluding carboxylic acids is 1. The van der Waals surface area contributed by atoms with E-state index >= 15 is 0 Å². The lowest BCUT2D eigenvalue weighted by atomic mass is 9.75. The number of rotatable bonds is 4. The number of amides is 1. The van der Waals surface area contributed by atoms with Crippen LogP contribution in [0.2, 0.25) is 0 Å². The summed E-state index contributed by atoms with van der Waals surface area (Å²) < 4.78 is 28.2. The molecule has 126 valence electrons. The molecule has 0 aliphatic heterocycles. The van der Waals surface area contributed by atoms with Crippen LogP contribution in [0.1, 0.15) is 43.2 Å². The summed E-state index contributed by atoms with van der Waals surface area (Å²) in [6.45, 7) is -0.283. The molecule has 1 saturated carbocycles. The van der Waals surface area contributed by atoms with E-state index in [2.05, 4.69) is 5.32 Å². The third kappa shape index (κ3) is 2.64. The maximum Gasteiger partial charge on any atom is 0.352 e. The summed E-state index contributed by atoms with van der Waals surface area (Å²) in [6.07, 6.45) is 2.27. The second kappa shape index (κ2) is 5.53. The monoisotopic (exact) mass is 325 g/mol. The Morgan fingerprint density at radius 3 is 2.52 bits per heavy atom. The van der Waals surface area contributed by atoms with Gasteiger partial charge in [-0.1, -0.05) is 24.3 Å². The van der Waals surface area contributed by atoms with Gasteiger partial charge < -0.3 is 15.5 Å². The normalized spacial score (nSPS) is 26.1. The van der Waals surface area contributed by atoms with Crippen LogP contribution >= 0.6 is 0 Å². The van der Waals surface area contributed by atoms with E-state index in [9.17, 15) is 23.8 Å². The summed E-state index contributed by atoms with van der Waals surface area (Å²) in [5.74, 6) is -5.35. The number of aliphatic hydroxyl groups is 2. The van der Waals surface area contributed by atoms with Gasteiger partial charge in [0.2, 0.25) is 0 Å². The zero-order valence-electron chi connectivity index (χ0n) is 12.8. The predicted octanol–water partition coefficient (Wildman–Crippen LogP) is 1.88. The molecule has 2 aliphatic carbocycles. The highest BCUT2D eigenvalue weighted by molar-refractivity contribution is 5.85. The fourth-order valence-corrected chi connectivity index (χ4v) is 3.46. The smallest absolute Gasteiger partial charge is 0.352 e. The van der Waals surface area contributed by atoms with Crippen LogP contribution in [0.4, 0.5) is 8.78 Å². The van der Waals surface area contributed by atoms with Crippen LogP contribution in [0.3, 0.4) is 0 Å². The summed E-state index contributed by atoms with van der Waals surface area (Å²) in [6, 6.07) is 7.30. The predicted molar refractivity (Wildman–Crippen MR) is 80.0 cm³/mol. The Hall–Kier alpha value is -1.53. The minimum absolute atomic E-state index is 0.0828. The van der Waals surface area contributed by atoms with Gasteiger partial charge in [0.05, 0.1) is 6.54 Å². The van der Waals surface area contributed by atoms with E-state index in [1.54, 1.807) is 12.1 Å². The van der Waals surface area contributed by atoms with Crippen LogP contribution in [-0.2, 0) is 16.8 Å². The zero-order valence-corrected chi connectivity index (χ0v) is 12.8. The average molecular weight is 325 g/mol. The molecular formula is C17H21F2NO3. The minimum Gasteiger partial charge on any atom is -0.383 e. The number of alkyl halides is 2. The molecule has 0 spiro atoms. The summed E-state index contributed by atoms with van der Waals surface area (Å²) >= 11 is 0. The van der Waals surface area contributed by atoms with E-state index in [4.69, 9.17) is 0 Å². The van der Waals surface area contributed by atoms with Crippen LogP contribution in [0.25, 0.3) is 0 Å². The lowest BCUT2D eigenvalue weighted by Gasteiger charge is -2.42. The fraction of sp³-hybridized carbons (Fsp3) is 0.588. The van der Waals surface area contributed by atoms with E-state index in [1.807, 2.05) is 12.1 Å². The number of nitrogens with one attached hydrogen (secondary N) is 1. The van der Waals surface area contributed by atoms with Crippen molar-refractivity contribution in [1.29, 1.82) is 0 Å². The Balaban J connectivity index is 1.72. The van der Waals surface area contributed by atoms with Crippen molar-refractivity contribution >= 4 is 5.91 Å². The Kier molecular flexibility index (Phi) is 3.92. The van der Waals surface area contributed by atoms with Crippen molar-refractivity contribution in [2.24, 2.45) is 0 Å². The van der Waals surface area contributed by atoms with Gasteiger partial charge in [-0.15, -0.1) is 0 Å². The Morgan fingerprint density at radius 1 is 1.17 bits per heavy atom. The first-order valence-electron chi connectivity index (χ1n) is 7.98. The van der Waals surface area contributed by atoms with Crippen molar-refractivity contribution in [2.75, 3.05) is 6.54 Å². The molecule has 0 saturated heterocycles. The number of benzene rings is 1. The quantitative estimate of drug-likeness (QED) is 0.792. The Bertz CT molecular complexity index is 616. The first-order valence-corrected chi connectivity index (χ1v) is 7.98. The second-order valence-electron chi connectivity index (χ2n) is 6.68. The van der Waals surface area contributed by atoms with Crippen molar-refractivity contribution in [2.45, 2.75) is 55.6 Å². The minimum atomic E-state index is -3.84. The first kappa shape index (κ1) is 16.3. The zero-order chi connectivity index (χ0) is 16.7. The number of fused-ring (bicyclic) bond motifs is 1. The molecule has 1 fully saturated rings. The van der Waals surface area contributed by atoms with Gasteiger partial charge in [-0.25, -0.2) is 0 Å². The lowest BCUT2D eigenvalue weighted by molar-refractivity contribution is -0.216. The molecule has 1 aromatic rings. The van der Waals surface area contributed by atoms with Gasteiger partial charge in [-0.3, -0.25) is 4.79 Å². The fourth-order valence-electron chi connectivity index (χ4n) is 3.46. The largest absolute Gasteiger partial charge is 0.383 e. The van der Waals surface area contributed by atoms with E-state index in [1.165, 1.54) is 0 Å². The third-order valence-corrected chi connectivity index (χ3v) is 5.15. The van der Waals surface area contributed by atoms with Crippen molar-refractivity contribution in [3.05, 3.63) is 35.4 Å². The van der Waals surface area contributed by atoms with Gasteiger partial charge in [-0.05, 0) is 49.7 Å². The Labute approximate surface area is 133 Å². The van der Waals surface area contributed by atoms with Gasteiger partial charge in [-0.2, -0.15) is 8.78 Å². The summed E-state index contributed by atoms with van der Waals surface area (Å²) in [7, 11) is 0. The van der Waals surface area contributed by atoms with Gasteiger partial charge in [0.25, 0.3) is 5.91 Å². The molecule has 3 N–H and O–H groups in total. The van der Waals surface area contributed by atoms with E-state index in [0.717, 1.165) is 18.4 Å². The van der Waals surface area contributed by atoms with Crippen LogP contribution in [0.5, 0.6) is 0 Å². The third-order valence-electron chi connectivity index (χ3n) is 5.15. The average Bonchev–Trinajstić information content (AvgIpc) is 2.50. The molecule has 1 unspecified atom stereocenters. The van der Waals surface area contributed by atoms with E-state index < -0.39 is 23.0 Å². The second-order valence-corrected chi connectivity index (χ2v) is 6.68. The molecule has 6 heteroatoms. The van der Waals surface area contributed by atoms with E-state index in [-0.39, 0.29) is 19.4 Å². The summed E-state index contributed by atoms with van der Waals surface area (Å²) in [4.78, 5) is 11.9. The molecule has 0 aromatic heterocycles. The standard InChI is InChI=1S/C17H21F2NO3/c18-17(19,16(23)9-4-10-16)14(21)20-11-15(22)8-3-6-12-5-1-2-7-13(12)15/h1-2,5,7,22-23H,3-4,6,8-11H2,(H,20,21). The highest BCUT2D eigenvalue weighted by Gasteiger charge is 2.61. The molecule has 1 atom stereocenters. The molecule has 4 nitrogen and oxygen atoms in total. The number of hydrogen-bond acceptors (Lipinski definition) is 3. The molecule has 0 bridgehead atoms. The van der Waals surface area contributed by atoms with Gasteiger partial charge >= 0.3 is 5.92 Å². The van der Waals surface area contributed by atoms with E-state index in [0.29, 0.717) is 18.4 Å². The maximum absolute atomic E-state index is 14.1. The number of carbonyl (C=O) groups is 1. The SMILES string of the molecule is O=C(NCC1(O)CCCc2ccccc21)C(F)(F)C1(O)CCC1. The van der Waals surface area contributed by atoms with Gasteiger partial charge in [0, 0.05) is 0 Å². The topological polar surface area (TPSA) is 69.6 Å². The van der Waals surface area contributed by atoms with Crippen LogP contribution in [0, 0.1) is 0 Å². The molecule has 3 rings (SSSR count). The molecule has 23 heavy (non-hydrogen) atoms. The maximum atomic E-state index is 14.1. The highest BCUT2D eigenvalue weighted by atomic mass is 19.3. The molecule has 2 aliphatic rings. The van der Waals surface area contributed by atoms with Crippen molar-refractivity contribution < 1.29 is 23.8 Å².